The van der Waals surface area contributed by atoms with Crippen LogP contribution in [0, 0.1) is 5.92 Å². The Kier molecular flexibility index (Phi) is 8.60. The number of hydrogen-bond acceptors (Lipinski definition) is 6. The van der Waals surface area contributed by atoms with Gasteiger partial charge < -0.3 is 29.2 Å². The van der Waals surface area contributed by atoms with Gasteiger partial charge in [0.15, 0.2) is 11.5 Å². The van der Waals surface area contributed by atoms with Gasteiger partial charge in [-0.3, -0.25) is 14.5 Å². The molecule has 1 N–H and O–H groups in total. The Labute approximate surface area is 255 Å². The number of piperazine rings is 1. The predicted octanol–water partition coefficient (Wildman–Crippen LogP) is 4.06. The minimum atomic E-state index is -0.178. The zero-order chi connectivity index (χ0) is 29.9. The van der Waals surface area contributed by atoms with Crippen LogP contribution in [0.4, 0.5) is 10.5 Å². The van der Waals surface area contributed by atoms with E-state index >= 15 is 0 Å². The number of pyridine rings is 1. The summed E-state index contributed by atoms with van der Waals surface area (Å²) in [6.45, 7) is 3.13. The lowest BCUT2D eigenvalue weighted by atomic mass is 10.1. The van der Waals surface area contributed by atoms with Crippen LogP contribution in [0.3, 0.4) is 0 Å². The number of fused-ring (bicyclic) bond motifs is 1. The first-order chi connectivity index (χ1) is 20.9. The van der Waals surface area contributed by atoms with Crippen LogP contribution in [0.15, 0.2) is 36.7 Å². The number of ether oxygens (including phenoxy) is 2. The van der Waals surface area contributed by atoms with Gasteiger partial charge >= 0.3 is 6.03 Å². The maximum absolute atomic E-state index is 13.8. The summed E-state index contributed by atoms with van der Waals surface area (Å²) in [6, 6.07) is 7.39. The van der Waals surface area contributed by atoms with Crippen molar-refractivity contribution in [1.82, 2.24) is 24.7 Å². The minimum absolute atomic E-state index is 0.0197. The van der Waals surface area contributed by atoms with E-state index in [2.05, 4.69) is 10.3 Å². The maximum Gasteiger partial charge on any atom is 0.324 e. The van der Waals surface area contributed by atoms with Crippen LogP contribution >= 0.6 is 11.6 Å². The van der Waals surface area contributed by atoms with Crippen molar-refractivity contribution < 1.29 is 23.9 Å². The molecule has 0 unspecified atom stereocenters. The van der Waals surface area contributed by atoms with E-state index in [0.29, 0.717) is 66.9 Å². The fourth-order valence-corrected chi connectivity index (χ4v) is 6.18. The third kappa shape index (κ3) is 6.51. The lowest BCUT2D eigenvalue weighted by molar-refractivity contribution is -0.138. The smallest absolute Gasteiger partial charge is 0.324 e. The summed E-state index contributed by atoms with van der Waals surface area (Å²) >= 11 is 6.68. The summed E-state index contributed by atoms with van der Waals surface area (Å²) in [7, 11) is 1.62. The molecule has 0 radical (unpaired) electrons. The highest BCUT2D eigenvalue weighted by Gasteiger charge is 2.29. The standard InChI is InChI=1S/C31H37ClN6O5/c1-42-25-8-7-23(16-26(25)43-15-2-4-21-5-6-21)38-13-3-12-36(31(38)41)17-22-9-10-34-30-29(22)24(32)18-37(30)20-28(40)35-14-11-33-27(39)19-35/h7-10,16,18,21H,2-6,11-15,17,19-20H2,1H3,(H,33,39). The third-order valence-electron chi connectivity index (χ3n) is 8.34. The number of nitrogens with zero attached hydrogens (tertiary/aromatic N) is 5. The van der Waals surface area contributed by atoms with Crippen molar-refractivity contribution in [3.63, 3.8) is 0 Å². The maximum atomic E-state index is 13.8. The first-order valence-corrected chi connectivity index (χ1v) is 15.3. The molecule has 228 valence electrons. The van der Waals surface area contributed by atoms with Gasteiger partial charge in [0.2, 0.25) is 11.8 Å². The van der Waals surface area contributed by atoms with Crippen molar-refractivity contribution in [2.24, 2.45) is 5.92 Å². The molecule has 0 bridgehead atoms. The molecule has 4 heterocycles. The number of urea groups is 1. The number of aromatic nitrogens is 2. The number of carbonyl (C=O) groups excluding carboxylic acids is 3. The van der Waals surface area contributed by atoms with Gasteiger partial charge in [-0.15, -0.1) is 0 Å². The van der Waals surface area contributed by atoms with E-state index in [1.807, 2.05) is 29.2 Å². The molecule has 4 amide bonds. The first-order valence-electron chi connectivity index (χ1n) is 14.9. The van der Waals surface area contributed by atoms with Crippen LogP contribution < -0.4 is 19.7 Å². The summed E-state index contributed by atoms with van der Waals surface area (Å²) < 4.78 is 13.3. The molecular weight excluding hydrogens is 572 g/mol. The second-order valence-electron chi connectivity index (χ2n) is 11.4. The molecule has 0 spiro atoms. The number of rotatable bonds is 11. The van der Waals surface area contributed by atoms with Crippen molar-refractivity contribution in [3.8, 4) is 11.5 Å². The number of benzene rings is 1. The average Bonchev–Trinajstić information content (AvgIpc) is 3.78. The van der Waals surface area contributed by atoms with E-state index in [-0.39, 0.29) is 30.9 Å². The number of hydrogen-bond donors (Lipinski definition) is 1. The number of methoxy groups -OCH3 is 1. The molecular formula is C31H37ClN6O5. The summed E-state index contributed by atoms with van der Waals surface area (Å²) in [5.74, 6) is 1.80. The molecule has 11 nitrogen and oxygen atoms in total. The van der Waals surface area contributed by atoms with Crippen molar-refractivity contribution in [2.75, 3.05) is 51.3 Å². The highest BCUT2D eigenvalue weighted by molar-refractivity contribution is 6.35. The van der Waals surface area contributed by atoms with Gasteiger partial charge in [-0.1, -0.05) is 24.4 Å². The molecule has 43 heavy (non-hydrogen) atoms. The summed E-state index contributed by atoms with van der Waals surface area (Å²) in [4.78, 5) is 48.1. The Morgan fingerprint density at radius 2 is 2.00 bits per heavy atom. The zero-order valence-corrected chi connectivity index (χ0v) is 25.1. The molecule has 3 fully saturated rings. The molecule has 6 rings (SSSR count). The predicted molar refractivity (Wildman–Crippen MR) is 163 cm³/mol. The minimum Gasteiger partial charge on any atom is -0.493 e. The summed E-state index contributed by atoms with van der Waals surface area (Å²) in [6.07, 6.45) is 9.01. The van der Waals surface area contributed by atoms with Gasteiger partial charge in [-0.2, -0.15) is 0 Å². The Balaban J connectivity index is 1.17. The van der Waals surface area contributed by atoms with Gasteiger partial charge in [0.1, 0.15) is 12.2 Å². The van der Waals surface area contributed by atoms with Gasteiger partial charge in [0.05, 0.1) is 25.3 Å². The Morgan fingerprint density at radius 1 is 1.14 bits per heavy atom. The monoisotopic (exact) mass is 608 g/mol. The van der Waals surface area contributed by atoms with Crippen LogP contribution in [0.25, 0.3) is 11.0 Å². The molecule has 2 saturated heterocycles. The molecule has 1 aliphatic carbocycles. The molecule has 2 aliphatic heterocycles. The molecule has 2 aromatic heterocycles. The van der Waals surface area contributed by atoms with Crippen LogP contribution in [-0.2, 0) is 22.7 Å². The van der Waals surface area contributed by atoms with Gasteiger partial charge in [-0.25, -0.2) is 9.78 Å². The normalized spacial score (nSPS) is 17.4. The number of carbonyl (C=O) groups is 3. The Hall–Kier alpha value is -3.99. The number of amides is 4. The Morgan fingerprint density at radius 3 is 2.79 bits per heavy atom. The van der Waals surface area contributed by atoms with Crippen LogP contribution in [0.1, 0.15) is 37.7 Å². The molecule has 1 saturated carbocycles. The number of halogens is 1. The van der Waals surface area contributed by atoms with E-state index in [4.69, 9.17) is 21.1 Å². The topological polar surface area (TPSA) is 109 Å². The first kappa shape index (κ1) is 29.1. The number of anilines is 1. The summed E-state index contributed by atoms with van der Waals surface area (Å²) in [5, 5.41) is 3.90. The molecule has 3 aromatic rings. The van der Waals surface area contributed by atoms with Crippen LogP contribution in [0.2, 0.25) is 5.02 Å². The van der Waals surface area contributed by atoms with Crippen molar-refractivity contribution in [2.45, 2.75) is 45.2 Å². The van der Waals surface area contributed by atoms with Gasteiger partial charge in [0.25, 0.3) is 0 Å². The summed E-state index contributed by atoms with van der Waals surface area (Å²) in [5.41, 5.74) is 2.18. The molecule has 1 aromatic carbocycles. The van der Waals surface area contributed by atoms with Crippen LogP contribution in [0.5, 0.6) is 11.5 Å². The van der Waals surface area contributed by atoms with E-state index in [0.717, 1.165) is 30.0 Å². The molecule has 3 aliphatic rings. The lowest BCUT2D eigenvalue weighted by Gasteiger charge is -2.36. The van der Waals surface area contributed by atoms with Gasteiger partial charge in [0, 0.05) is 62.3 Å². The average molecular weight is 609 g/mol. The second-order valence-corrected chi connectivity index (χ2v) is 11.8. The van der Waals surface area contributed by atoms with Crippen LogP contribution in [-0.4, -0.2) is 83.6 Å². The highest BCUT2D eigenvalue weighted by Crippen LogP contribution is 2.36. The quantitative estimate of drug-likeness (QED) is 0.329. The Bertz CT molecular complexity index is 1520. The lowest BCUT2D eigenvalue weighted by Crippen LogP contribution is -2.50. The third-order valence-corrected chi connectivity index (χ3v) is 8.62. The SMILES string of the molecule is COc1ccc(N2CCCN(Cc3ccnc4c3c(Cl)cn4CC(=O)N3CCNC(=O)C3)C2=O)cc1OCCCC1CC1. The highest BCUT2D eigenvalue weighted by atomic mass is 35.5. The van der Waals surface area contributed by atoms with E-state index in [1.54, 1.807) is 29.0 Å². The van der Waals surface area contributed by atoms with Gasteiger partial charge in [-0.05, 0) is 48.9 Å². The van der Waals surface area contributed by atoms with E-state index in [1.165, 1.54) is 24.2 Å². The molecule has 12 heteroatoms. The van der Waals surface area contributed by atoms with E-state index in [9.17, 15) is 14.4 Å². The second kappa shape index (κ2) is 12.7. The zero-order valence-electron chi connectivity index (χ0n) is 24.4. The fraction of sp³-hybridized carbons (Fsp3) is 0.484. The molecule has 0 atom stereocenters. The van der Waals surface area contributed by atoms with E-state index < -0.39 is 0 Å². The largest absolute Gasteiger partial charge is 0.493 e. The number of nitrogens with one attached hydrogen (secondary N) is 1. The van der Waals surface area contributed by atoms with Crippen molar-refractivity contribution in [1.29, 1.82) is 0 Å². The van der Waals surface area contributed by atoms with Crippen molar-refractivity contribution >= 4 is 46.2 Å². The van der Waals surface area contributed by atoms with Crippen molar-refractivity contribution in [3.05, 3.63) is 47.2 Å². The fourth-order valence-electron chi connectivity index (χ4n) is 5.86.